The van der Waals surface area contributed by atoms with E-state index in [9.17, 15) is 18.0 Å². The van der Waals surface area contributed by atoms with Crippen LogP contribution in [0.5, 0.6) is 11.5 Å². The molecule has 1 aromatic heterocycles. The summed E-state index contributed by atoms with van der Waals surface area (Å²) in [5, 5.41) is 0.371. The van der Waals surface area contributed by atoms with Gasteiger partial charge in [0.25, 0.3) is 5.56 Å². The van der Waals surface area contributed by atoms with Gasteiger partial charge >= 0.3 is 6.09 Å². The van der Waals surface area contributed by atoms with Crippen molar-refractivity contribution in [2.24, 2.45) is 5.92 Å². The number of aromatic nitrogens is 1. The maximum absolute atomic E-state index is 12.5. The summed E-state index contributed by atoms with van der Waals surface area (Å²) in [7, 11) is -3.31. The number of hydrogen-bond acceptors (Lipinski definition) is 6. The Bertz CT molecular complexity index is 1350. The van der Waals surface area contributed by atoms with E-state index < -0.39 is 15.9 Å². The molecule has 3 aromatic rings. The van der Waals surface area contributed by atoms with Crippen LogP contribution in [0.25, 0.3) is 5.69 Å². The Morgan fingerprint density at radius 3 is 2.53 bits per heavy atom. The van der Waals surface area contributed by atoms with Crippen molar-refractivity contribution >= 4 is 27.5 Å². The zero-order chi connectivity index (χ0) is 24.3. The highest BCUT2D eigenvalue weighted by Crippen LogP contribution is 2.25. The van der Waals surface area contributed by atoms with E-state index in [1.807, 2.05) is 0 Å². The van der Waals surface area contributed by atoms with Crippen LogP contribution in [-0.4, -0.2) is 49.9 Å². The minimum Gasteiger partial charge on any atom is -0.493 e. The van der Waals surface area contributed by atoms with Crippen molar-refractivity contribution in [3.63, 3.8) is 0 Å². The fourth-order valence-corrected chi connectivity index (χ4v) is 4.46. The number of nitrogens with zero attached hydrogens (tertiary/aromatic N) is 2. The molecule has 8 nitrogen and oxygen atoms in total. The number of amides is 1. The van der Waals surface area contributed by atoms with Gasteiger partial charge in [0.15, 0.2) is 15.6 Å². The fourth-order valence-electron chi connectivity index (χ4n) is 3.65. The van der Waals surface area contributed by atoms with E-state index in [0.717, 1.165) is 12.7 Å². The molecule has 1 aliphatic heterocycles. The number of benzene rings is 2. The molecule has 1 aliphatic rings. The first kappa shape index (κ1) is 23.8. The van der Waals surface area contributed by atoms with Gasteiger partial charge in [-0.15, -0.1) is 0 Å². The molecule has 1 atom stereocenters. The highest BCUT2D eigenvalue weighted by atomic mass is 35.5. The third-order valence-corrected chi connectivity index (χ3v) is 6.94. The van der Waals surface area contributed by atoms with Gasteiger partial charge in [0.05, 0.1) is 16.5 Å². The molecule has 34 heavy (non-hydrogen) atoms. The van der Waals surface area contributed by atoms with Crippen molar-refractivity contribution in [2.75, 3.05) is 26.0 Å². The SMILES string of the molecule is CS(=O)(=O)c1ccc(-n2ccc(OCC3CCN(C(=O)Oc4ccccc4Cl)C3)cc2=O)cc1. The Hall–Kier alpha value is -3.30. The van der Waals surface area contributed by atoms with Crippen LogP contribution in [0.15, 0.2) is 76.6 Å². The lowest BCUT2D eigenvalue weighted by Gasteiger charge is -2.17. The predicted octanol–water partition coefficient (Wildman–Crippen LogP) is 3.79. The molecule has 0 N–H and O–H groups in total. The Morgan fingerprint density at radius 1 is 1.12 bits per heavy atom. The molecule has 0 aliphatic carbocycles. The molecule has 1 amide bonds. The van der Waals surface area contributed by atoms with E-state index in [2.05, 4.69) is 0 Å². The van der Waals surface area contributed by atoms with Crippen molar-refractivity contribution in [3.8, 4) is 17.2 Å². The summed E-state index contributed by atoms with van der Waals surface area (Å²) in [6.07, 6.45) is 3.00. The Kier molecular flexibility index (Phi) is 6.95. The van der Waals surface area contributed by atoms with Gasteiger partial charge in [0.2, 0.25) is 0 Å². The standard InChI is InChI=1S/C24H23ClN2O6S/c1-34(30,31)20-8-6-18(7-9-20)27-13-11-19(14-23(27)28)32-16-17-10-12-26(15-17)24(29)33-22-5-3-2-4-21(22)25/h2-9,11,13-14,17H,10,12,15-16H2,1H3. The highest BCUT2D eigenvalue weighted by Gasteiger charge is 2.28. The van der Waals surface area contributed by atoms with Gasteiger partial charge in [-0.25, -0.2) is 13.2 Å². The van der Waals surface area contributed by atoms with E-state index in [-0.39, 0.29) is 16.4 Å². The van der Waals surface area contributed by atoms with Crippen LogP contribution >= 0.6 is 11.6 Å². The lowest BCUT2D eigenvalue weighted by atomic mass is 10.1. The smallest absolute Gasteiger partial charge is 0.415 e. The number of sulfone groups is 1. The van der Waals surface area contributed by atoms with Gasteiger partial charge in [-0.05, 0) is 48.9 Å². The van der Waals surface area contributed by atoms with E-state index in [0.29, 0.717) is 41.9 Å². The molecule has 1 saturated heterocycles. The highest BCUT2D eigenvalue weighted by molar-refractivity contribution is 7.90. The second kappa shape index (κ2) is 9.90. The van der Waals surface area contributed by atoms with Gasteiger partial charge in [0.1, 0.15) is 5.75 Å². The fraction of sp³-hybridized carbons (Fsp3) is 0.250. The average molecular weight is 503 g/mol. The van der Waals surface area contributed by atoms with Crippen LogP contribution in [0.1, 0.15) is 6.42 Å². The first-order valence-electron chi connectivity index (χ1n) is 10.6. The largest absolute Gasteiger partial charge is 0.493 e. The van der Waals surface area contributed by atoms with Crippen molar-refractivity contribution in [3.05, 3.63) is 82.2 Å². The van der Waals surface area contributed by atoms with E-state index in [1.54, 1.807) is 53.6 Å². The van der Waals surface area contributed by atoms with E-state index in [1.165, 1.54) is 22.8 Å². The summed E-state index contributed by atoms with van der Waals surface area (Å²) in [6, 6.07) is 15.9. The number of pyridine rings is 1. The molecular formula is C24H23ClN2O6S. The van der Waals surface area contributed by atoms with Gasteiger partial charge in [-0.2, -0.15) is 0 Å². The van der Waals surface area contributed by atoms with Crippen LogP contribution in [0.4, 0.5) is 4.79 Å². The normalized spacial score (nSPS) is 15.8. The minimum absolute atomic E-state index is 0.102. The Balaban J connectivity index is 1.33. The summed E-state index contributed by atoms with van der Waals surface area (Å²) >= 11 is 6.04. The first-order chi connectivity index (χ1) is 16.2. The minimum atomic E-state index is -3.31. The Morgan fingerprint density at radius 2 is 1.85 bits per heavy atom. The third-order valence-electron chi connectivity index (χ3n) is 5.50. The second-order valence-corrected chi connectivity index (χ2v) is 10.5. The van der Waals surface area contributed by atoms with Crippen LogP contribution in [-0.2, 0) is 9.84 Å². The zero-order valence-corrected chi connectivity index (χ0v) is 20.0. The number of carbonyl (C=O) groups is 1. The summed E-state index contributed by atoms with van der Waals surface area (Å²) < 4.78 is 35.8. The number of rotatable bonds is 6. The monoisotopic (exact) mass is 502 g/mol. The molecular weight excluding hydrogens is 480 g/mol. The second-order valence-electron chi connectivity index (χ2n) is 8.05. The molecule has 0 radical (unpaired) electrons. The number of halogens is 1. The average Bonchev–Trinajstić information content (AvgIpc) is 3.28. The molecule has 0 saturated carbocycles. The van der Waals surface area contributed by atoms with Crippen LogP contribution in [0.2, 0.25) is 5.02 Å². The molecule has 2 heterocycles. The van der Waals surface area contributed by atoms with Gasteiger partial charge in [-0.1, -0.05) is 23.7 Å². The van der Waals surface area contributed by atoms with Crippen molar-refractivity contribution < 1.29 is 22.7 Å². The molecule has 178 valence electrons. The molecule has 4 rings (SSSR count). The van der Waals surface area contributed by atoms with Crippen LogP contribution in [0.3, 0.4) is 0 Å². The molecule has 0 bridgehead atoms. The van der Waals surface area contributed by atoms with Crippen LogP contribution in [0, 0.1) is 5.92 Å². The topological polar surface area (TPSA) is 94.9 Å². The maximum Gasteiger partial charge on any atom is 0.415 e. The first-order valence-corrected chi connectivity index (χ1v) is 12.8. The van der Waals surface area contributed by atoms with Crippen molar-refractivity contribution in [2.45, 2.75) is 11.3 Å². The molecule has 2 aromatic carbocycles. The van der Waals surface area contributed by atoms with Gasteiger partial charge < -0.3 is 14.4 Å². The third kappa shape index (κ3) is 5.60. The number of para-hydroxylation sites is 1. The lowest BCUT2D eigenvalue weighted by Crippen LogP contribution is -2.32. The zero-order valence-electron chi connectivity index (χ0n) is 18.4. The predicted molar refractivity (Wildman–Crippen MR) is 128 cm³/mol. The molecule has 1 fully saturated rings. The van der Waals surface area contributed by atoms with Crippen molar-refractivity contribution in [1.29, 1.82) is 0 Å². The van der Waals surface area contributed by atoms with Gasteiger partial charge in [0, 0.05) is 43.2 Å². The number of likely N-dealkylation sites (tertiary alicyclic amines) is 1. The van der Waals surface area contributed by atoms with Crippen LogP contribution < -0.4 is 15.0 Å². The summed E-state index contributed by atoms with van der Waals surface area (Å²) in [6.45, 7) is 1.37. The quantitative estimate of drug-likeness (QED) is 0.509. The molecule has 10 heteroatoms. The lowest BCUT2D eigenvalue weighted by molar-refractivity contribution is 0.158. The molecule has 0 spiro atoms. The number of hydrogen-bond donors (Lipinski definition) is 0. The summed E-state index contributed by atoms with van der Waals surface area (Å²) in [5.74, 6) is 0.844. The number of ether oxygens (including phenoxy) is 2. The van der Waals surface area contributed by atoms with E-state index >= 15 is 0 Å². The number of carbonyl (C=O) groups excluding carboxylic acids is 1. The summed E-state index contributed by atoms with van der Waals surface area (Å²) in [4.78, 5) is 26.7. The van der Waals surface area contributed by atoms with Crippen molar-refractivity contribution in [1.82, 2.24) is 9.47 Å². The van der Waals surface area contributed by atoms with E-state index in [4.69, 9.17) is 21.1 Å². The maximum atomic E-state index is 12.5. The van der Waals surface area contributed by atoms with Gasteiger partial charge in [-0.3, -0.25) is 9.36 Å². The Labute approximate surface area is 202 Å². The molecule has 1 unspecified atom stereocenters. The summed E-state index contributed by atoms with van der Waals surface area (Å²) in [5.41, 5.74) is 0.244.